The second-order valence-electron chi connectivity index (χ2n) is 5.27. The quantitative estimate of drug-likeness (QED) is 0.429. The minimum Gasteiger partial charge on any atom is -0.342 e. The maximum atomic E-state index is 12.1. The van der Waals surface area contributed by atoms with E-state index in [1.54, 1.807) is 4.90 Å². The minimum atomic E-state index is -4.22. The van der Waals surface area contributed by atoms with Gasteiger partial charge in [-0.2, -0.15) is 13.2 Å². The topological polar surface area (TPSA) is 78.7 Å². The van der Waals surface area contributed by atoms with Gasteiger partial charge in [0.05, 0.1) is 13.0 Å². The molecule has 1 saturated heterocycles. The summed E-state index contributed by atoms with van der Waals surface area (Å²) < 4.78 is 36.3. The number of likely N-dealkylation sites (tertiary alicyclic amines) is 1. The molecule has 3 N–H and O–H groups in total. The Balaban J connectivity index is 2.32. The van der Waals surface area contributed by atoms with Crippen molar-refractivity contribution in [2.45, 2.75) is 25.4 Å². The van der Waals surface area contributed by atoms with Crippen LogP contribution in [0, 0.1) is 5.92 Å². The number of halogens is 3. The Morgan fingerprint density at radius 3 is 2.38 bits per heavy atom. The van der Waals surface area contributed by atoms with E-state index in [0.717, 1.165) is 0 Å². The average Bonchev–Trinajstić information content (AvgIpc) is 2.43. The molecule has 21 heavy (non-hydrogen) atoms. The molecule has 0 spiro atoms. The summed E-state index contributed by atoms with van der Waals surface area (Å²) in [5.74, 6) is 4.38. The zero-order chi connectivity index (χ0) is 16.0. The molecule has 0 aromatic carbocycles. The second kappa shape index (κ2) is 7.60. The van der Waals surface area contributed by atoms with Gasteiger partial charge in [0.1, 0.15) is 0 Å². The highest BCUT2D eigenvalue weighted by Gasteiger charge is 2.29. The van der Waals surface area contributed by atoms with Crippen LogP contribution in [0.3, 0.4) is 0 Å². The van der Waals surface area contributed by atoms with Gasteiger partial charge in [-0.15, -0.1) is 0 Å². The Kier molecular flexibility index (Phi) is 6.41. The maximum absolute atomic E-state index is 12.1. The first kappa shape index (κ1) is 17.7. The van der Waals surface area contributed by atoms with Crippen molar-refractivity contribution in [2.24, 2.45) is 11.8 Å². The molecule has 0 atom stereocenters. The Hall–Kier alpha value is -1.35. The number of hydrazine groups is 1. The van der Waals surface area contributed by atoms with Gasteiger partial charge in [0.25, 0.3) is 0 Å². The van der Waals surface area contributed by atoms with Crippen LogP contribution in [0.1, 0.15) is 19.3 Å². The van der Waals surface area contributed by atoms with E-state index >= 15 is 0 Å². The van der Waals surface area contributed by atoms with Crippen molar-refractivity contribution in [1.29, 1.82) is 0 Å². The Bertz CT molecular complexity index is 368. The van der Waals surface area contributed by atoms with Crippen molar-refractivity contribution in [3.8, 4) is 0 Å². The Labute approximate surface area is 121 Å². The van der Waals surface area contributed by atoms with Gasteiger partial charge in [-0.05, 0) is 19.9 Å². The number of hydrogen-bond acceptors (Lipinski definition) is 4. The van der Waals surface area contributed by atoms with Crippen LogP contribution in [0.4, 0.5) is 13.2 Å². The predicted octanol–water partition coefficient (Wildman–Crippen LogP) is 0.0991. The summed E-state index contributed by atoms with van der Waals surface area (Å²) in [5, 5.41) is 0. The molecule has 1 fully saturated rings. The highest BCUT2D eigenvalue weighted by molar-refractivity contribution is 5.80. The van der Waals surface area contributed by atoms with E-state index in [9.17, 15) is 22.8 Å². The first-order valence-corrected chi connectivity index (χ1v) is 6.76. The van der Waals surface area contributed by atoms with Gasteiger partial charge in [0.15, 0.2) is 0 Å². The summed E-state index contributed by atoms with van der Waals surface area (Å²) in [6.45, 7) is 0.583. The molecule has 0 unspecified atom stereocenters. The number of amides is 2. The third-order valence-corrected chi connectivity index (χ3v) is 3.54. The van der Waals surface area contributed by atoms with E-state index in [-0.39, 0.29) is 30.8 Å². The lowest BCUT2D eigenvalue weighted by molar-refractivity contribution is -0.142. The monoisotopic (exact) mass is 310 g/mol. The molecule has 0 aromatic heterocycles. The van der Waals surface area contributed by atoms with E-state index in [1.807, 2.05) is 0 Å². The largest absolute Gasteiger partial charge is 0.390 e. The number of nitrogens with two attached hydrogens (primary N) is 1. The lowest BCUT2D eigenvalue weighted by atomic mass is 9.96. The zero-order valence-corrected chi connectivity index (χ0v) is 11.9. The van der Waals surface area contributed by atoms with Crippen molar-refractivity contribution in [3.63, 3.8) is 0 Å². The summed E-state index contributed by atoms with van der Waals surface area (Å²) in [7, 11) is 1.48. The molecule has 1 aliphatic rings. The highest BCUT2D eigenvalue weighted by atomic mass is 19.4. The van der Waals surface area contributed by atoms with Crippen LogP contribution in [-0.4, -0.2) is 61.0 Å². The van der Waals surface area contributed by atoms with E-state index in [4.69, 9.17) is 5.84 Å². The van der Waals surface area contributed by atoms with Crippen LogP contribution in [-0.2, 0) is 9.59 Å². The van der Waals surface area contributed by atoms with Crippen molar-refractivity contribution in [2.75, 3.05) is 33.2 Å². The molecule has 0 saturated carbocycles. The van der Waals surface area contributed by atoms with Crippen LogP contribution in [0.15, 0.2) is 0 Å². The van der Waals surface area contributed by atoms with Crippen molar-refractivity contribution >= 4 is 11.8 Å². The van der Waals surface area contributed by atoms with E-state index in [0.29, 0.717) is 25.9 Å². The molecular formula is C12H21F3N4O2. The Morgan fingerprint density at radius 1 is 1.33 bits per heavy atom. The van der Waals surface area contributed by atoms with Crippen molar-refractivity contribution < 1.29 is 22.8 Å². The molecule has 0 bridgehead atoms. The average molecular weight is 310 g/mol. The van der Waals surface area contributed by atoms with E-state index in [1.165, 1.54) is 11.9 Å². The lowest BCUT2D eigenvalue weighted by Crippen LogP contribution is -2.47. The summed E-state index contributed by atoms with van der Waals surface area (Å²) in [6, 6.07) is 0. The van der Waals surface area contributed by atoms with Crippen molar-refractivity contribution in [1.82, 2.24) is 15.2 Å². The van der Waals surface area contributed by atoms with Crippen LogP contribution in [0.2, 0.25) is 0 Å². The lowest BCUT2D eigenvalue weighted by Gasteiger charge is -2.32. The van der Waals surface area contributed by atoms with Gasteiger partial charge in [0.2, 0.25) is 11.8 Å². The molecule has 0 aliphatic carbocycles. The molecule has 1 heterocycles. The molecule has 9 heteroatoms. The maximum Gasteiger partial charge on any atom is 0.390 e. The van der Waals surface area contributed by atoms with Gasteiger partial charge in [-0.3, -0.25) is 19.9 Å². The third kappa shape index (κ3) is 6.30. The van der Waals surface area contributed by atoms with E-state index in [2.05, 4.69) is 5.43 Å². The number of nitrogens with one attached hydrogen (secondary N) is 1. The summed E-state index contributed by atoms with van der Waals surface area (Å²) >= 11 is 0. The number of hydrogen-bond donors (Lipinski definition) is 2. The molecule has 6 nitrogen and oxygen atoms in total. The summed E-state index contributed by atoms with van der Waals surface area (Å²) in [6.07, 6.45) is -4.12. The van der Waals surface area contributed by atoms with Crippen LogP contribution < -0.4 is 11.3 Å². The van der Waals surface area contributed by atoms with Gasteiger partial charge < -0.3 is 4.90 Å². The minimum absolute atomic E-state index is 0.0518. The molecule has 0 aromatic rings. The SMILES string of the molecule is CN(CCC(F)(F)F)CC(=O)N1CCC(C(=O)NN)CC1. The third-order valence-electron chi connectivity index (χ3n) is 3.54. The number of rotatable bonds is 5. The number of likely N-dealkylation sites (N-methyl/N-ethyl adjacent to an activating group) is 1. The normalized spacial score (nSPS) is 17.1. The van der Waals surface area contributed by atoms with Gasteiger partial charge >= 0.3 is 6.18 Å². The van der Waals surface area contributed by atoms with Crippen LogP contribution in [0.5, 0.6) is 0 Å². The molecule has 0 radical (unpaired) electrons. The molecular weight excluding hydrogens is 289 g/mol. The number of carbonyl (C=O) groups is 2. The summed E-state index contributed by atoms with van der Waals surface area (Å²) in [4.78, 5) is 26.2. The van der Waals surface area contributed by atoms with Crippen LogP contribution in [0.25, 0.3) is 0 Å². The molecule has 1 aliphatic heterocycles. The van der Waals surface area contributed by atoms with Gasteiger partial charge in [-0.25, -0.2) is 5.84 Å². The molecule has 2 amide bonds. The standard InChI is InChI=1S/C12H21F3N4O2/c1-18(7-4-12(13,14)15)8-10(20)19-5-2-9(3-6-19)11(21)17-16/h9H,2-8,16H2,1H3,(H,17,21). The Morgan fingerprint density at radius 2 is 1.90 bits per heavy atom. The molecule has 1 rings (SSSR count). The predicted molar refractivity (Wildman–Crippen MR) is 69.8 cm³/mol. The number of alkyl halides is 3. The van der Waals surface area contributed by atoms with Crippen molar-refractivity contribution in [3.05, 3.63) is 0 Å². The smallest absolute Gasteiger partial charge is 0.342 e. The highest BCUT2D eigenvalue weighted by Crippen LogP contribution is 2.20. The fourth-order valence-corrected chi connectivity index (χ4v) is 2.24. The van der Waals surface area contributed by atoms with Gasteiger partial charge in [-0.1, -0.05) is 0 Å². The molecule has 122 valence electrons. The first-order valence-electron chi connectivity index (χ1n) is 6.76. The van der Waals surface area contributed by atoms with Crippen LogP contribution >= 0.6 is 0 Å². The first-order chi connectivity index (χ1) is 9.73. The van der Waals surface area contributed by atoms with E-state index < -0.39 is 12.6 Å². The fourth-order valence-electron chi connectivity index (χ4n) is 2.24. The summed E-state index contributed by atoms with van der Waals surface area (Å²) in [5.41, 5.74) is 2.08. The number of carbonyl (C=O) groups excluding carboxylic acids is 2. The number of piperidine rings is 1. The number of nitrogens with zero attached hydrogens (tertiary/aromatic N) is 2. The second-order valence-corrected chi connectivity index (χ2v) is 5.27. The zero-order valence-electron chi connectivity index (χ0n) is 11.9. The fraction of sp³-hybridized carbons (Fsp3) is 0.833. The van der Waals surface area contributed by atoms with Gasteiger partial charge in [0, 0.05) is 25.6 Å².